The number of amides is 1. The van der Waals surface area contributed by atoms with E-state index in [2.05, 4.69) is 10.4 Å². The van der Waals surface area contributed by atoms with Gasteiger partial charge in [0.15, 0.2) is 0 Å². The summed E-state index contributed by atoms with van der Waals surface area (Å²) in [5.74, 6) is 4.67. The lowest BCUT2D eigenvalue weighted by molar-refractivity contribution is 0.0953. The minimum Gasteiger partial charge on any atom is -0.290 e. The number of nitrogens with two attached hydrogens (primary N) is 1. The first-order chi connectivity index (χ1) is 5.77. The SMILES string of the molecule is CSc1cc(C(=O)NN)ccn1. The zero-order chi connectivity index (χ0) is 8.97. The summed E-state index contributed by atoms with van der Waals surface area (Å²) < 4.78 is 0. The number of hydrogen-bond donors (Lipinski definition) is 2. The molecule has 5 heteroatoms. The second kappa shape index (κ2) is 4.08. The summed E-state index contributed by atoms with van der Waals surface area (Å²) in [5.41, 5.74) is 2.58. The molecule has 0 bridgehead atoms. The van der Waals surface area contributed by atoms with Gasteiger partial charge < -0.3 is 0 Å². The number of pyridine rings is 1. The van der Waals surface area contributed by atoms with Crippen LogP contribution in [0.2, 0.25) is 0 Å². The number of nitrogen functional groups attached to an aromatic ring is 1. The number of nitrogens with zero attached hydrogens (tertiary/aromatic N) is 1. The van der Waals surface area contributed by atoms with E-state index in [1.165, 1.54) is 11.8 Å². The smallest absolute Gasteiger partial charge is 0.265 e. The molecule has 1 amide bonds. The molecule has 64 valence electrons. The highest BCUT2D eigenvalue weighted by Gasteiger charge is 2.03. The largest absolute Gasteiger partial charge is 0.290 e. The number of aromatic nitrogens is 1. The second-order valence-electron chi connectivity index (χ2n) is 2.06. The number of rotatable bonds is 2. The average Bonchev–Trinajstić information content (AvgIpc) is 2.17. The van der Waals surface area contributed by atoms with Crippen LogP contribution < -0.4 is 11.3 Å². The molecular formula is C7H9N3OS. The quantitative estimate of drug-likeness (QED) is 0.301. The van der Waals surface area contributed by atoms with Gasteiger partial charge in [0.25, 0.3) is 5.91 Å². The number of thioether (sulfide) groups is 1. The molecule has 1 heterocycles. The fourth-order valence-electron chi connectivity index (χ4n) is 0.746. The van der Waals surface area contributed by atoms with E-state index in [9.17, 15) is 4.79 Å². The van der Waals surface area contributed by atoms with Gasteiger partial charge in [0, 0.05) is 11.8 Å². The van der Waals surface area contributed by atoms with Gasteiger partial charge in [0.1, 0.15) is 0 Å². The van der Waals surface area contributed by atoms with Crippen molar-refractivity contribution in [1.29, 1.82) is 0 Å². The highest BCUT2D eigenvalue weighted by molar-refractivity contribution is 7.98. The van der Waals surface area contributed by atoms with Gasteiger partial charge in [-0.2, -0.15) is 0 Å². The van der Waals surface area contributed by atoms with Gasteiger partial charge in [-0.05, 0) is 18.4 Å². The van der Waals surface area contributed by atoms with Crippen LogP contribution in [0.1, 0.15) is 10.4 Å². The first kappa shape index (κ1) is 9.02. The van der Waals surface area contributed by atoms with Gasteiger partial charge in [0.05, 0.1) is 5.03 Å². The summed E-state index contributed by atoms with van der Waals surface area (Å²) in [6.07, 6.45) is 3.48. The standard InChI is InChI=1S/C7H9N3OS/c1-12-6-4-5(2-3-9-6)7(11)10-8/h2-4H,8H2,1H3,(H,10,11). The Morgan fingerprint density at radius 1 is 1.75 bits per heavy atom. The van der Waals surface area contributed by atoms with Crippen molar-refractivity contribution in [3.63, 3.8) is 0 Å². The molecule has 0 saturated heterocycles. The molecule has 0 aromatic carbocycles. The molecule has 0 aliphatic carbocycles. The summed E-state index contributed by atoms with van der Waals surface area (Å²) in [5, 5.41) is 0.802. The molecule has 1 rings (SSSR count). The van der Waals surface area contributed by atoms with E-state index in [0.717, 1.165) is 5.03 Å². The second-order valence-corrected chi connectivity index (χ2v) is 2.89. The first-order valence-corrected chi connectivity index (χ1v) is 4.51. The Hall–Kier alpha value is -1.07. The van der Waals surface area contributed by atoms with Crippen molar-refractivity contribution in [2.75, 3.05) is 6.26 Å². The van der Waals surface area contributed by atoms with Crippen LogP contribution in [-0.4, -0.2) is 17.1 Å². The lowest BCUT2D eigenvalue weighted by Gasteiger charge is -1.99. The summed E-state index contributed by atoms with van der Waals surface area (Å²) in [7, 11) is 0. The van der Waals surface area contributed by atoms with Crippen LogP contribution in [0.25, 0.3) is 0 Å². The summed E-state index contributed by atoms with van der Waals surface area (Å²) in [4.78, 5) is 15.0. The van der Waals surface area contributed by atoms with Gasteiger partial charge in [0.2, 0.25) is 0 Å². The van der Waals surface area contributed by atoms with E-state index >= 15 is 0 Å². The van der Waals surface area contributed by atoms with Crippen molar-refractivity contribution >= 4 is 17.7 Å². The van der Waals surface area contributed by atoms with Gasteiger partial charge in [-0.25, -0.2) is 10.8 Å². The molecule has 1 aromatic heterocycles. The molecule has 12 heavy (non-hydrogen) atoms. The molecule has 0 fully saturated rings. The van der Waals surface area contributed by atoms with Crippen molar-refractivity contribution in [3.05, 3.63) is 23.9 Å². The van der Waals surface area contributed by atoms with Gasteiger partial charge in [-0.1, -0.05) is 0 Å². The molecule has 0 aliphatic rings. The van der Waals surface area contributed by atoms with Crippen molar-refractivity contribution in [3.8, 4) is 0 Å². The predicted octanol–water partition coefficient (Wildman–Crippen LogP) is 0.407. The predicted molar refractivity (Wildman–Crippen MR) is 47.7 cm³/mol. The Labute approximate surface area is 74.5 Å². The third-order valence-corrected chi connectivity index (χ3v) is 1.98. The molecule has 0 radical (unpaired) electrons. The van der Waals surface area contributed by atoms with Crippen LogP contribution in [-0.2, 0) is 0 Å². The fraction of sp³-hybridized carbons (Fsp3) is 0.143. The Bertz CT molecular complexity index is 290. The van der Waals surface area contributed by atoms with E-state index in [-0.39, 0.29) is 5.91 Å². The van der Waals surface area contributed by atoms with Crippen molar-refractivity contribution in [2.45, 2.75) is 5.03 Å². The topological polar surface area (TPSA) is 68.0 Å². The van der Waals surface area contributed by atoms with Crippen LogP contribution >= 0.6 is 11.8 Å². The zero-order valence-electron chi connectivity index (χ0n) is 6.57. The third-order valence-electron chi connectivity index (χ3n) is 1.34. The molecule has 4 nitrogen and oxygen atoms in total. The van der Waals surface area contributed by atoms with Crippen molar-refractivity contribution in [1.82, 2.24) is 10.4 Å². The number of carbonyl (C=O) groups is 1. The highest BCUT2D eigenvalue weighted by Crippen LogP contribution is 2.11. The van der Waals surface area contributed by atoms with E-state index in [1.807, 2.05) is 6.26 Å². The lowest BCUT2D eigenvalue weighted by atomic mass is 10.3. The molecule has 0 spiro atoms. The molecule has 0 atom stereocenters. The molecular weight excluding hydrogens is 174 g/mol. The van der Waals surface area contributed by atoms with E-state index in [4.69, 9.17) is 5.84 Å². The maximum Gasteiger partial charge on any atom is 0.265 e. The Balaban J connectivity index is 2.93. The number of nitrogens with one attached hydrogen (secondary N) is 1. The fourth-order valence-corrected chi connectivity index (χ4v) is 1.16. The molecule has 0 aliphatic heterocycles. The monoisotopic (exact) mass is 183 g/mol. The summed E-state index contributed by atoms with van der Waals surface area (Å²) in [6.45, 7) is 0. The highest BCUT2D eigenvalue weighted by atomic mass is 32.2. The van der Waals surface area contributed by atoms with Crippen LogP contribution in [0.15, 0.2) is 23.4 Å². The zero-order valence-corrected chi connectivity index (χ0v) is 7.39. The number of carbonyl (C=O) groups excluding carboxylic acids is 1. The normalized spacial score (nSPS) is 9.50. The van der Waals surface area contributed by atoms with Crippen molar-refractivity contribution in [2.24, 2.45) is 5.84 Å². The van der Waals surface area contributed by atoms with Crippen LogP contribution in [0.4, 0.5) is 0 Å². The minimum atomic E-state index is -0.298. The van der Waals surface area contributed by atoms with Crippen LogP contribution in [0.3, 0.4) is 0 Å². The summed E-state index contributed by atoms with van der Waals surface area (Å²) >= 11 is 1.48. The first-order valence-electron chi connectivity index (χ1n) is 3.29. The van der Waals surface area contributed by atoms with Crippen LogP contribution in [0, 0.1) is 0 Å². The van der Waals surface area contributed by atoms with Gasteiger partial charge in [-0.3, -0.25) is 10.2 Å². The molecule has 0 unspecified atom stereocenters. The Morgan fingerprint density at radius 2 is 2.50 bits per heavy atom. The summed E-state index contributed by atoms with van der Waals surface area (Å²) in [6, 6.07) is 3.30. The Morgan fingerprint density at radius 3 is 3.08 bits per heavy atom. The Kier molecular flexibility index (Phi) is 3.07. The van der Waals surface area contributed by atoms with E-state index in [0.29, 0.717) is 5.56 Å². The molecule has 3 N–H and O–H groups in total. The lowest BCUT2D eigenvalue weighted by Crippen LogP contribution is -2.29. The number of hydrazine groups is 1. The van der Waals surface area contributed by atoms with Gasteiger partial charge >= 0.3 is 0 Å². The van der Waals surface area contributed by atoms with E-state index in [1.54, 1.807) is 18.3 Å². The maximum absolute atomic E-state index is 11.0. The number of hydrogen-bond acceptors (Lipinski definition) is 4. The maximum atomic E-state index is 11.0. The minimum absolute atomic E-state index is 0.298. The van der Waals surface area contributed by atoms with Gasteiger partial charge in [-0.15, -0.1) is 11.8 Å². The van der Waals surface area contributed by atoms with E-state index < -0.39 is 0 Å². The van der Waals surface area contributed by atoms with Crippen LogP contribution in [0.5, 0.6) is 0 Å². The average molecular weight is 183 g/mol. The molecule has 1 aromatic rings. The molecule has 0 saturated carbocycles. The third kappa shape index (κ3) is 1.96. The van der Waals surface area contributed by atoms with Crippen molar-refractivity contribution < 1.29 is 4.79 Å².